The number of rotatable bonds is 2. The van der Waals surface area contributed by atoms with Gasteiger partial charge in [0.15, 0.2) is 0 Å². The molecule has 2 aliphatic rings. The molecule has 18 heavy (non-hydrogen) atoms. The minimum Gasteiger partial charge on any atom is -0.389 e. The smallest absolute Gasteiger partial charge is 0.0781 e. The first-order valence-electron chi connectivity index (χ1n) is 7.31. The van der Waals surface area contributed by atoms with Crippen molar-refractivity contribution in [1.82, 2.24) is 0 Å². The van der Waals surface area contributed by atoms with Gasteiger partial charge in [-0.05, 0) is 44.6 Å². The van der Waals surface area contributed by atoms with Crippen molar-refractivity contribution in [3.8, 4) is 0 Å². The summed E-state index contributed by atoms with van der Waals surface area (Å²) in [7, 11) is 0. The average Bonchev–Trinajstić information content (AvgIpc) is 2.86. The van der Waals surface area contributed by atoms with Crippen molar-refractivity contribution in [2.45, 2.75) is 51.2 Å². The van der Waals surface area contributed by atoms with Crippen LogP contribution in [0.4, 0.5) is 5.69 Å². The molecule has 1 heterocycles. The van der Waals surface area contributed by atoms with Crippen LogP contribution in [0.3, 0.4) is 0 Å². The number of fused-ring (bicyclic) bond motifs is 1. The summed E-state index contributed by atoms with van der Waals surface area (Å²) in [6.45, 7) is 3.03. The Kier molecular flexibility index (Phi) is 3.29. The third-order valence-corrected chi connectivity index (χ3v) is 4.69. The third kappa shape index (κ3) is 2.03. The summed E-state index contributed by atoms with van der Waals surface area (Å²) < 4.78 is 0. The second-order valence-corrected chi connectivity index (χ2v) is 5.83. The van der Waals surface area contributed by atoms with E-state index >= 15 is 0 Å². The number of para-hydroxylation sites is 1. The summed E-state index contributed by atoms with van der Waals surface area (Å²) in [4.78, 5) is 2.57. The summed E-state index contributed by atoms with van der Waals surface area (Å²) in [5, 5.41) is 9.95. The SMILES string of the molecule is CC(O)c1ccccc1N1CCCC2CCCC21. The number of hydrogen-bond donors (Lipinski definition) is 1. The van der Waals surface area contributed by atoms with Gasteiger partial charge in [-0.1, -0.05) is 24.6 Å². The number of aliphatic hydroxyl groups excluding tert-OH is 1. The molecule has 2 heteroatoms. The van der Waals surface area contributed by atoms with Crippen LogP contribution < -0.4 is 4.90 Å². The summed E-state index contributed by atoms with van der Waals surface area (Å²) >= 11 is 0. The fourth-order valence-electron chi connectivity index (χ4n) is 3.86. The van der Waals surface area contributed by atoms with Gasteiger partial charge >= 0.3 is 0 Å². The van der Waals surface area contributed by atoms with Crippen molar-refractivity contribution in [2.75, 3.05) is 11.4 Å². The lowest BCUT2D eigenvalue weighted by atomic mass is 9.90. The molecule has 3 rings (SSSR count). The Morgan fingerprint density at radius 2 is 1.94 bits per heavy atom. The van der Waals surface area contributed by atoms with E-state index in [0.717, 1.165) is 24.1 Å². The molecule has 3 unspecified atom stereocenters. The molecule has 1 N–H and O–H groups in total. The second-order valence-electron chi connectivity index (χ2n) is 5.83. The molecule has 0 spiro atoms. The Hall–Kier alpha value is -1.02. The summed E-state index contributed by atoms with van der Waals surface area (Å²) in [6, 6.07) is 9.10. The maximum absolute atomic E-state index is 9.95. The molecular weight excluding hydrogens is 222 g/mol. The number of aliphatic hydroxyl groups is 1. The molecule has 0 bridgehead atoms. The first-order chi connectivity index (χ1) is 8.77. The Morgan fingerprint density at radius 1 is 1.17 bits per heavy atom. The Balaban J connectivity index is 1.93. The lowest BCUT2D eigenvalue weighted by molar-refractivity contribution is 0.199. The van der Waals surface area contributed by atoms with Crippen LogP contribution in [0, 0.1) is 5.92 Å². The number of benzene rings is 1. The lowest BCUT2D eigenvalue weighted by Gasteiger charge is -2.40. The Bertz CT molecular complexity index is 415. The zero-order valence-electron chi connectivity index (χ0n) is 11.2. The first kappa shape index (κ1) is 12.0. The van der Waals surface area contributed by atoms with Crippen LogP contribution in [-0.4, -0.2) is 17.7 Å². The van der Waals surface area contributed by atoms with E-state index in [2.05, 4.69) is 23.1 Å². The number of nitrogens with zero attached hydrogens (tertiary/aromatic N) is 1. The molecule has 2 fully saturated rings. The normalized spacial score (nSPS) is 29.1. The van der Waals surface area contributed by atoms with Gasteiger partial charge in [-0.15, -0.1) is 0 Å². The zero-order valence-corrected chi connectivity index (χ0v) is 11.2. The predicted molar refractivity (Wildman–Crippen MR) is 74.8 cm³/mol. The van der Waals surface area contributed by atoms with E-state index in [9.17, 15) is 5.11 Å². The van der Waals surface area contributed by atoms with Gasteiger partial charge in [-0.2, -0.15) is 0 Å². The maximum Gasteiger partial charge on any atom is 0.0781 e. The molecule has 1 aromatic carbocycles. The van der Waals surface area contributed by atoms with E-state index in [1.807, 2.05) is 13.0 Å². The van der Waals surface area contributed by atoms with Crippen LogP contribution in [0.15, 0.2) is 24.3 Å². The fourth-order valence-corrected chi connectivity index (χ4v) is 3.86. The predicted octanol–water partition coefficient (Wildman–Crippen LogP) is 3.51. The molecule has 0 amide bonds. The summed E-state index contributed by atoms with van der Waals surface area (Å²) in [6.07, 6.45) is 6.44. The van der Waals surface area contributed by atoms with Crippen LogP contribution in [0.2, 0.25) is 0 Å². The molecule has 1 saturated carbocycles. The van der Waals surface area contributed by atoms with Crippen molar-refractivity contribution in [3.05, 3.63) is 29.8 Å². The molecule has 1 aromatic rings. The van der Waals surface area contributed by atoms with Crippen molar-refractivity contribution in [3.63, 3.8) is 0 Å². The minimum atomic E-state index is -0.372. The largest absolute Gasteiger partial charge is 0.389 e. The van der Waals surface area contributed by atoms with Gasteiger partial charge < -0.3 is 10.0 Å². The van der Waals surface area contributed by atoms with E-state index in [0.29, 0.717) is 0 Å². The van der Waals surface area contributed by atoms with Crippen molar-refractivity contribution >= 4 is 5.69 Å². The van der Waals surface area contributed by atoms with Gasteiger partial charge in [0.1, 0.15) is 0 Å². The molecular formula is C16H23NO. The second kappa shape index (κ2) is 4.93. The van der Waals surface area contributed by atoms with Crippen molar-refractivity contribution in [1.29, 1.82) is 0 Å². The van der Waals surface area contributed by atoms with E-state index in [1.54, 1.807) is 0 Å². The number of piperidine rings is 1. The van der Waals surface area contributed by atoms with E-state index in [-0.39, 0.29) is 6.10 Å². The van der Waals surface area contributed by atoms with Crippen LogP contribution >= 0.6 is 0 Å². The van der Waals surface area contributed by atoms with Gasteiger partial charge in [0.25, 0.3) is 0 Å². The summed E-state index contributed by atoms with van der Waals surface area (Å²) in [5.41, 5.74) is 2.36. The molecule has 0 radical (unpaired) electrons. The molecule has 2 nitrogen and oxygen atoms in total. The van der Waals surface area contributed by atoms with E-state index < -0.39 is 0 Å². The highest BCUT2D eigenvalue weighted by atomic mass is 16.3. The molecule has 0 aromatic heterocycles. The highest BCUT2D eigenvalue weighted by Crippen LogP contribution is 2.40. The Labute approximate surface area is 110 Å². The molecule has 3 atom stereocenters. The monoisotopic (exact) mass is 245 g/mol. The van der Waals surface area contributed by atoms with Crippen LogP contribution in [0.5, 0.6) is 0 Å². The van der Waals surface area contributed by atoms with Gasteiger partial charge in [0, 0.05) is 23.8 Å². The van der Waals surface area contributed by atoms with Crippen LogP contribution in [0.1, 0.15) is 50.7 Å². The molecule has 98 valence electrons. The maximum atomic E-state index is 9.95. The highest BCUT2D eigenvalue weighted by Gasteiger charge is 2.35. The van der Waals surface area contributed by atoms with Crippen LogP contribution in [0.25, 0.3) is 0 Å². The van der Waals surface area contributed by atoms with Crippen molar-refractivity contribution < 1.29 is 5.11 Å². The van der Waals surface area contributed by atoms with Gasteiger partial charge in [-0.25, -0.2) is 0 Å². The minimum absolute atomic E-state index is 0.372. The quantitative estimate of drug-likeness (QED) is 0.862. The number of anilines is 1. The standard InChI is InChI=1S/C16H23NO/c1-12(18)14-8-2-3-9-16(14)17-11-5-7-13-6-4-10-15(13)17/h2-3,8-9,12-13,15,18H,4-7,10-11H2,1H3. The topological polar surface area (TPSA) is 23.5 Å². The molecule has 1 saturated heterocycles. The highest BCUT2D eigenvalue weighted by molar-refractivity contribution is 5.56. The lowest BCUT2D eigenvalue weighted by Crippen LogP contribution is -2.43. The van der Waals surface area contributed by atoms with Crippen LogP contribution in [-0.2, 0) is 0 Å². The van der Waals surface area contributed by atoms with E-state index in [1.165, 1.54) is 37.8 Å². The third-order valence-electron chi connectivity index (χ3n) is 4.69. The average molecular weight is 245 g/mol. The molecule has 1 aliphatic carbocycles. The number of hydrogen-bond acceptors (Lipinski definition) is 2. The zero-order chi connectivity index (χ0) is 12.5. The fraction of sp³-hybridized carbons (Fsp3) is 0.625. The van der Waals surface area contributed by atoms with Gasteiger partial charge in [-0.3, -0.25) is 0 Å². The van der Waals surface area contributed by atoms with E-state index in [4.69, 9.17) is 0 Å². The summed E-state index contributed by atoms with van der Waals surface area (Å²) in [5.74, 6) is 0.890. The first-order valence-corrected chi connectivity index (χ1v) is 7.31. The Morgan fingerprint density at radius 3 is 2.78 bits per heavy atom. The van der Waals surface area contributed by atoms with Gasteiger partial charge in [0.05, 0.1) is 6.10 Å². The van der Waals surface area contributed by atoms with Gasteiger partial charge in [0.2, 0.25) is 0 Å². The van der Waals surface area contributed by atoms with Crippen molar-refractivity contribution in [2.24, 2.45) is 5.92 Å². The molecule has 1 aliphatic heterocycles.